The van der Waals surface area contributed by atoms with Crippen LogP contribution in [0.15, 0.2) is 12.4 Å². The van der Waals surface area contributed by atoms with Gasteiger partial charge in [0.05, 0.1) is 0 Å². The number of rotatable bonds is 4. The quantitative estimate of drug-likeness (QED) is 0.918. The van der Waals surface area contributed by atoms with Crippen molar-refractivity contribution >= 4 is 5.95 Å². The molecule has 1 aromatic rings. The summed E-state index contributed by atoms with van der Waals surface area (Å²) in [5.74, 6) is 0.858. The molecular weight excluding hydrogens is 262 g/mol. The van der Waals surface area contributed by atoms with E-state index in [0.29, 0.717) is 6.04 Å². The van der Waals surface area contributed by atoms with E-state index in [0.717, 1.165) is 44.2 Å². The predicted octanol–water partition coefficient (Wildman–Crippen LogP) is 1.90. The maximum atomic E-state index is 4.54. The summed E-state index contributed by atoms with van der Waals surface area (Å²) in [6, 6.07) is 0.564. The Balaban J connectivity index is 1.93. The van der Waals surface area contributed by atoms with Gasteiger partial charge in [-0.3, -0.25) is 4.90 Å². The Morgan fingerprint density at radius 3 is 2.43 bits per heavy atom. The average Bonchev–Trinajstić information content (AvgIpc) is 2.45. The van der Waals surface area contributed by atoms with Gasteiger partial charge in [-0.15, -0.1) is 0 Å². The van der Waals surface area contributed by atoms with E-state index in [2.05, 4.69) is 59.7 Å². The largest absolute Gasteiger partial charge is 0.338 e. The molecule has 2 heterocycles. The van der Waals surface area contributed by atoms with Crippen molar-refractivity contribution in [2.24, 2.45) is 0 Å². The van der Waals surface area contributed by atoms with Crippen molar-refractivity contribution in [3.05, 3.63) is 18.0 Å². The molecule has 1 N–H and O–H groups in total. The Labute approximate surface area is 128 Å². The van der Waals surface area contributed by atoms with Crippen LogP contribution in [-0.4, -0.2) is 52.6 Å². The van der Waals surface area contributed by atoms with Gasteiger partial charge >= 0.3 is 0 Å². The molecule has 1 unspecified atom stereocenters. The van der Waals surface area contributed by atoms with Crippen LogP contribution in [-0.2, 0) is 6.54 Å². The number of likely N-dealkylation sites (N-methyl/N-ethyl adjacent to an activating group) is 1. The molecule has 0 saturated carbocycles. The third-order valence-electron chi connectivity index (χ3n) is 3.97. The maximum Gasteiger partial charge on any atom is 0.225 e. The monoisotopic (exact) mass is 291 g/mol. The zero-order valence-electron chi connectivity index (χ0n) is 14.1. The van der Waals surface area contributed by atoms with Gasteiger partial charge in [0.15, 0.2) is 0 Å². The molecule has 2 rings (SSSR count). The van der Waals surface area contributed by atoms with Gasteiger partial charge in [0.25, 0.3) is 0 Å². The number of piperazine rings is 1. The first-order chi connectivity index (χ1) is 9.89. The Kier molecular flexibility index (Phi) is 5.17. The summed E-state index contributed by atoms with van der Waals surface area (Å²) in [6.45, 7) is 16.0. The van der Waals surface area contributed by atoms with E-state index in [1.165, 1.54) is 0 Å². The lowest BCUT2D eigenvalue weighted by Crippen LogP contribution is -2.52. The smallest absolute Gasteiger partial charge is 0.225 e. The van der Waals surface area contributed by atoms with Crippen molar-refractivity contribution in [1.29, 1.82) is 0 Å². The minimum Gasteiger partial charge on any atom is -0.338 e. The molecule has 5 nitrogen and oxygen atoms in total. The molecule has 1 aliphatic rings. The Hall–Kier alpha value is -1.20. The van der Waals surface area contributed by atoms with Crippen molar-refractivity contribution in [2.45, 2.75) is 52.7 Å². The molecule has 1 saturated heterocycles. The van der Waals surface area contributed by atoms with Crippen LogP contribution in [0.25, 0.3) is 0 Å². The van der Waals surface area contributed by atoms with E-state index in [9.17, 15) is 0 Å². The van der Waals surface area contributed by atoms with Crippen LogP contribution < -0.4 is 10.2 Å². The molecule has 5 heteroatoms. The second kappa shape index (κ2) is 6.71. The van der Waals surface area contributed by atoms with Crippen molar-refractivity contribution in [1.82, 2.24) is 20.2 Å². The van der Waals surface area contributed by atoms with Gasteiger partial charge in [0.1, 0.15) is 0 Å². The number of hydrogen-bond donors (Lipinski definition) is 1. The number of hydrogen-bond acceptors (Lipinski definition) is 5. The van der Waals surface area contributed by atoms with E-state index < -0.39 is 0 Å². The van der Waals surface area contributed by atoms with Gasteiger partial charge in [-0.1, -0.05) is 6.92 Å². The van der Waals surface area contributed by atoms with Crippen molar-refractivity contribution in [3.8, 4) is 0 Å². The van der Waals surface area contributed by atoms with Gasteiger partial charge in [0, 0.05) is 55.7 Å². The summed E-state index contributed by atoms with van der Waals surface area (Å²) >= 11 is 0. The van der Waals surface area contributed by atoms with E-state index >= 15 is 0 Å². The molecule has 0 amide bonds. The van der Waals surface area contributed by atoms with Crippen molar-refractivity contribution in [2.75, 3.05) is 31.1 Å². The highest BCUT2D eigenvalue weighted by Crippen LogP contribution is 2.15. The number of nitrogens with one attached hydrogen (secondary N) is 1. The van der Waals surface area contributed by atoms with Crippen LogP contribution >= 0.6 is 0 Å². The molecule has 21 heavy (non-hydrogen) atoms. The SMILES string of the molecule is CCN1CCN(c2ncc(CNC(C)(C)C)cn2)CC1C. The molecule has 1 fully saturated rings. The molecule has 0 aliphatic carbocycles. The fourth-order valence-corrected chi connectivity index (χ4v) is 2.62. The third-order valence-corrected chi connectivity index (χ3v) is 3.97. The normalized spacial score (nSPS) is 20.8. The molecule has 0 aromatic carbocycles. The summed E-state index contributed by atoms with van der Waals surface area (Å²) in [7, 11) is 0. The van der Waals surface area contributed by atoms with Crippen LogP contribution in [0.3, 0.4) is 0 Å². The third kappa shape index (κ3) is 4.64. The highest BCUT2D eigenvalue weighted by molar-refractivity contribution is 5.31. The van der Waals surface area contributed by atoms with Gasteiger partial charge < -0.3 is 10.2 Å². The number of nitrogens with zero attached hydrogens (tertiary/aromatic N) is 4. The first-order valence-electron chi connectivity index (χ1n) is 7.94. The fraction of sp³-hybridized carbons (Fsp3) is 0.750. The Bertz CT molecular complexity index is 437. The van der Waals surface area contributed by atoms with Crippen LogP contribution in [0, 0.1) is 0 Å². The van der Waals surface area contributed by atoms with E-state index in [1.54, 1.807) is 0 Å². The topological polar surface area (TPSA) is 44.3 Å². The summed E-state index contributed by atoms with van der Waals surface area (Å²) < 4.78 is 0. The predicted molar refractivity (Wildman–Crippen MR) is 87.5 cm³/mol. The van der Waals surface area contributed by atoms with Crippen LogP contribution in [0.4, 0.5) is 5.95 Å². The summed E-state index contributed by atoms with van der Waals surface area (Å²) in [4.78, 5) is 13.9. The van der Waals surface area contributed by atoms with Crippen LogP contribution in [0.5, 0.6) is 0 Å². The van der Waals surface area contributed by atoms with Gasteiger partial charge in [-0.05, 0) is 34.2 Å². The standard InChI is InChI=1S/C16H29N5/c1-6-20-7-8-21(12-13(20)2)15-17-9-14(10-18-15)11-19-16(3,4)5/h9-10,13,19H,6-8,11-12H2,1-5H3. The summed E-state index contributed by atoms with van der Waals surface area (Å²) in [5.41, 5.74) is 1.25. The molecular formula is C16H29N5. The molecule has 0 spiro atoms. The second-order valence-corrected chi connectivity index (χ2v) is 6.92. The highest BCUT2D eigenvalue weighted by atomic mass is 15.3. The lowest BCUT2D eigenvalue weighted by molar-refractivity contribution is 0.198. The first kappa shape index (κ1) is 16.2. The van der Waals surface area contributed by atoms with Gasteiger partial charge in [-0.25, -0.2) is 9.97 Å². The van der Waals surface area contributed by atoms with Gasteiger partial charge in [-0.2, -0.15) is 0 Å². The molecule has 1 atom stereocenters. The lowest BCUT2D eigenvalue weighted by atomic mass is 10.1. The fourth-order valence-electron chi connectivity index (χ4n) is 2.62. The average molecular weight is 291 g/mol. The first-order valence-corrected chi connectivity index (χ1v) is 7.94. The minimum absolute atomic E-state index is 0.116. The molecule has 118 valence electrons. The Morgan fingerprint density at radius 2 is 1.90 bits per heavy atom. The lowest BCUT2D eigenvalue weighted by Gasteiger charge is -2.39. The van der Waals surface area contributed by atoms with Crippen LogP contribution in [0.1, 0.15) is 40.2 Å². The zero-order valence-corrected chi connectivity index (χ0v) is 14.1. The minimum atomic E-state index is 0.116. The highest BCUT2D eigenvalue weighted by Gasteiger charge is 2.23. The molecule has 1 aromatic heterocycles. The van der Waals surface area contributed by atoms with E-state index in [1.807, 2.05) is 12.4 Å². The maximum absolute atomic E-state index is 4.54. The van der Waals surface area contributed by atoms with Crippen molar-refractivity contribution in [3.63, 3.8) is 0 Å². The Morgan fingerprint density at radius 1 is 1.24 bits per heavy atom. The molecule has 0 bridgehead atoms. The van der Waals surface area contributed by atoms with Gasteiger partial charge in [0.2, 0.25) is 5.95 Å². The van der Waals surface area contributed by atoms with Crippen LogP contribution in [0.2, 0.25) is 0 Å². The number of anilines is 1. The van der Waals surface area contributed by atoms with Crippen molar-refractivity contribution < 1.29 is 0 Å². The van der Waals surface area contributed by atoms with E-state index in [4.69, 9.17) is 0 Å². The summed E-state index contributed by atoms with van der Waals surface area (Å²) in [5, 5.41) is 3.46. The molecule has 0 radical (unpaired) electrons. The van der Waals surface area contributed by atoms with E-state index in [-0.39, 0.29) is 5.54 Å². The molecule has 1 aliphatic heterocycles. The second-order valence-electron chi connectivity index (χ2n) is 6.92. The zero-order chi connectivity index (χ0) is 15.5. The number of aromatic nitrogens is 2. The summed E-state index contributed by atoms with van der Waals surface area (Å²) in [6.07, 6.45) is 3.88.